The number of nitrogens with zero attached hydrogens (tertiary/aromatic N) is 2. The highest BCUT2D eigenvalue weighted by molar-refractivity contribution is 5.76. The van der Waals surface area contributed by atoms with Crippen molar-refractivity contribution in [3.05, 3.63) is 53.4 Å². The van der Waals surface area contributed by atoms with Crippen LogP contribution in [0.2, 0.25) is 0 Å². The Morgan fingerprint density at radius 1 is 1.50 bits per heavy atom. The average molecular weight is 301 g/mol. The molecule has 1 aromatic carbocycles. The zero-order valence-electron chi connectivity index (χ0n) is 12.7. The lowest BCUT2D eigenvalue weighted by molar-refractivity contribution is -0.122. The van der Waals surface area contributed by atoms with Crippen molar-refractivity contribution in [3.63, 3.8) is 0 Å². The maximum Gasteiger partial charge on any atom is 0.220 e. The quantitative estimate of drug-likeness (QED) is 0.923. The summed E-state index contributed by atoms with van der Waals surface area (Å²) >= 11 is 0. The van der Waals surface area contributed by atoms with Crippen molar-refractivity contribution in [1.29, 1.82) is 0 Å². The van der Waals surface area contributed by atoms with E-state index in [0.717, 1.165) is 36.3 Å². The fourth-order valence-electron chi connectivity index (χ4n) is 3.08. The second-order valence-electron chi connectivity index (χ2n) is 5.74. The number of nitrogens with one attached hydrogen (secondary N) is 1. The number of imidazole rings is 1. The highest BCUT2D eigenvalue weighted by atomic mass is 19.1. The van der Waals surface area contributed by atoms with E-state index in [9.17, 15) is 9.18 Å². The number of aryl methyl sites for hydroxylation is 2. The van der Waals surface area contributed by atoms with Gasteiger partial charge in [0.2, 0.25) is 5.91 Å². The van der Waals surface area contributed by atoms with Gasteiger partial charge in [-0.1, -0.05) is 12.1 Å². The molecule has 1 aliphatic carbocycles. The van der Waals surface area contributed by atoms with E-state index >= 15 is 0 Å². The van der Waals surface area contributed by atoms with Gasteiger partial charge in [-0.25, -0.2) is 9.37 Å². The summed E-state index contributed by atoms with van der Waals surface area (Å²) in [7, 11) is 0. The lowest BCUT2D eigenvalue weighted by atomic mass is 10.1. The van der Waals surface area contributed by atoms with Gasteiger partial charge in [0, 0.05) is 25.4 Å². The van der Waals surface area contributed by atoms with Gasteiger partial charge in [0.25, 0.3) is 0 Å². The first-order chi connectivity index (χ1) is 10.6. The molecule has 3 rings (SSSR count). The minimum Gasteiger partial charge on any atom is -0.349 e. The number of amides is 1. The molecule has 0 aliphatic heterocycles. The Morgan fingerprint density at radius 3 is 3.14 bits per heavy atom. The number of benzene rings is 1. The van der Waals surface area contributed by atoms with E-state index in [1.54, 1.807) is 12.3 Å². The first kappa shape index (κ1) is 14.8. The van der Waals surface area contributed by atoms with Crippen molar-refractivity contribution in [3.8, 4) is 0 Å². The minimum absolute atomic E-state index is 0.0277. The Labute approximate surface area is 129 Å². The lowest BCUT2D eigenvalue weighted by Gasteiger charge is -2.14. The second kappa shape index (κ2) is 6.30. The van der Waals surface area contributed by atoms with E-state index < -0.39 is 0 Å². The standard InChI is InChI=1S/C17H20FN3O/c1-12-19-9-11-21(12)10-3-6-17(22)20-16-8-7-13-14(16)4-2-5-15(13)18/h2,4-5,9,11,16H,3,6-8,10H2,1H3,(H,20,22)/t16-/m0/s1. The SMILES string of the molecule is Cc1nccn1CCCC(=O)N[C@H]1CCc2c(F)cccc21. The Morgan fingerprint density at radius 2 is 2.36 bits per heavy atom. The summed E-state index contributed by atoms with van der Waals surface area (Å²) in [5.41, 5.74) is 1.68. The van der Waals surface area contributed by atoms with E-state index in [0.29, 0.717) is 12.8 Å². The number of aromatic nitrogens is 2. The molecule has 1 aliphatic rings. The summed E-state index contributed by atoms with van der Waals surface area (Å²) in [6.07, 6.45) is 6.40. The summed E-state index contributed by atoms with van der Waals surface area (Å²) in [6.45, 7) is 2.74. The van der Waals surface area contributed by atoms with Crippen molar-refractivity contribution in [2.75, 3.05) is 0 Å². The molecule has 1 amide bonds. The number of carbonyl (C=O) groups is 1. The monoisotopic (exact) mass is 301 g/mol. The maximum atomic E-state index is 13.7. The highest BCUT2D eigenvalue weighted by Gasteiger charge is 2.25. The number of hydrogen-bond acceptors (Lipinski definition) is 2. The molecule has 4 nitrogen and oxygen atoms in total. The van der Waals surface area contributed by atoms with Gasteiger partial charge < -0.3 is 9.88 Å². The first-order valence-electron chi connectivity index (χ1n) is 7.69. The molecule has 1 heterocycles. The molecule has 5 heteroatoms. The summed E-state index contributed by atoms with van der Waals surface area (Å²) in [5.74, 6) is 0.824. The molecule has 0 saturated heterocycles. The molecule has 116 valence electrons. The van der Waals surface area contributed by atoms with Crippen molar-refractivity contribution >= 4 is 5.91 Å². The Balaban J connectivity index is 1.51. The van der Waals surface area contributed by atoms with E-state index in [-0.39, 0.29) is 17.8 Å². The Bertz CT molecular complexity index is 680. The van der Waals surface area contributed by atoms with Crippen LogP contribution in [0, 0.1) is 12.7 Å². The van der Waals surface area contributed by atoms with Crippen molar-refractivity contribution in [2.45, 2.75) is 45.2 Å². The van der Waals surface area contributed by atoms with Gasteiger partial charge in [-0.15, -0.1) is 0 Å². The van der Waals surface area contributed by atoms with E-state index in [2.05, 4.69) is 10.3 Å². The second-order valence-corrected chi connectivity index (χ2v) is 5.74. The van der Waals surface area contributed by atoms with Crippen LogP contribution < -0.4 is 5.32 Å². The molecule has 1 aromatic heterocycles. The molecular formula is C17H20FN3O. The normalized spacial score (nSPS) is 16.5. The van der Waals surface area contributed by atoms with Crippen LogP contribution in [0.3, 0.4) is 0 Å². The third-order valence-electron chi connectivity index (χ3n) is 4.28. The molecule has 1 atom stereocenters. The van der Waals surface area contributed by atoms with Crippen LogP contribution in [-0.4, -0.2) is 15.5 Å². The van der Waals surface area contributed by atoms with Crippen molar-refractivity contribution < 1.29 is 9.18 Å². The predicted octanol–water partition coefficient (Wildman–Crippen LogP) is 2.91. The van der Waals surface area contributed by atoms with Crippen LogP contribution in [-0.2, 0) is 17.8 Å². The Kier molecular flexibility index (Phi) is 4.22. The topological polar surface area (TPSA) is 46.9 Å². The summed E-state index contributed by atoms with van der Waals surface area (Å²) in [5, 5.41) is 3.03. The zero-order valence-corrected chi connectivity index (χ0v) is 12.7. The van der Waals surface area contributed by atoms with Gasteiger partial charge in [-0.05, 0) is 43.4 Å². The lowest BCUT2D eigenvalue weighted by Crippen LogP contribution is -2.27. The number of fused-ring (bicyclic) bond motifs is 1. The van der Waals surface area contributed by atoms with Gasteiger partial charge >= 0.3 is 0 Å². The first-order valence-corrected chi connectivity index (χ1v) is 7.69. The van der Waals surface area contributed by atoms with E-state index in [1.165, 1.54) is 6.07 Å². The zero-order chi connectivity index (χ0) is 15.5. The summed E-state index contributed by atoms with van der Waals surface area (Å²) in [6, 6.07) is 5.05. The molecule has 0 spiro atoms. The summed E-state index contributed by atoms with van der Waals surface area (Å²) < 4.78 is 15.7. The molecular weight excluding hydrogens is 281 g/mol. The van der Waals surface area contributed by atoms with Crippen LogP contribution in [0.25, 0.3) is 0 Å². The van der Waals surface area contributed by atoms with E-state index in [1.807, 2.05) is 23.8 Å². The molecule has 0 unspecified atom stereocenters. The van der Waals surface area contributed by atoms with Gasteiger partial charge in [0.05, 0.1) is 6.04 Å². The fraction of sp³-hybridized carbons (Fsp3) is 0.412. The van der Waals surface area contributed by atoms with Crippen molar-refractivity contribution in [2.24, 2.45) is 0 Å². The van der Waals surface area contributed by atoms with Crippen LogP contribution in [0.1, 0.15) is 42.3 Å². The number of carbonyl (C=O) groups excluding carboxylic acids is 1. The minimum atomic E-state index is -0.162. The number of rotatable bonds is 5. The number of hydrogen-bond donors (Lipinski definition) is 1. The third kappa shape index (κ3) is 3.03. The van der Waals surface area contributed by atoms with E-state index in [4.69, 9.17) is 0 Å². The van der Waals surface area contributed by atoms with Crippen LogP contribution >= 0.6 is 0 Å². The van der Waals surface area contributed by atoms with Crippen LogP contribution in [0.15, 0.2) is 30.6 Å². The molecule has 1 N–H and O–H groups in total. The van der Waals surface area contributed by atoms with Gasteiger partial charge in [0.1, 0.15) is 11.6 Å². The fourth-order valence-corrected chi connectivity index (χ4v) is 3.08. The highest BCUT2D eigenvalue weighted by Crippen LogP contribution is 2.32. The van der Waals surface area contributed by atoms with Gasteiger partial charge in [-0.3, -0.25) is 4.79 Å². The third-order valence-corrected chi connectivity index (χ3v) is 4.28. The smallest absolute Gasteiger partial charge is 0.220 e. The molecule has 0 radical (unpaired) electrons. The maximum absolute atomic E-state index is 13.7. The van der Waals surface area contributed by atoms with Crippen molar-refractivity contribution in [1.82, 2.24) is 14.9 Å². The average Bonchev–Trinajstić information content (AvgIpc) is 3.08. The number of halogens is 1. The van der Waals surface area contributed by atoms with Gasteiger partial charge in [0.15, 0.2) is 0 Å². The summed E-state index contributed by atoms with van der Waals surface area (Å²) in [4.78, 5) is 16.2. The molecule has 0 bridgehead atoms. The van der Waals surface area contributed by atoms with Crippen LogP contribution in [0.4, 0.5) is 4.39 Å². The molecule has 2 aromatic rings. The largest absolute Gasteiger partial charge is 0.349 e. The molecule has 22 heavy (non-hydrogen) atoms. The predicted molar refractivity (Wildman–Crippen MR) is 81.8 cm³/mol. The van der Waals surface area contributed by atoms with Gasteiger partial charge in [-0.2, -0.15) is 0 Å². The van der Waals surface area contributed by atoms with Crippen LogP contribution in [0.5, 0.6) is 0 Å². The Hall–Kier alpha value is -2.17. The molecule has 0 fully saturated rings. The molecule has 0 saturated carbocycles.